The number of thioether (sulfide) groups is 1. The van der Waals surface area contributed by atoms with Crippen molar-refractivity contribution in [2.24, 2.45) is 0 Å². The molecule has 0 spiro atoms. The minimum absolute atomic E-state index is 0.0443. The number of rotatable bonds is 7. The first-order valence-corrected chi connectivity index (χ1v) is 10.6. The lowest BCUT2D eigenvalue weighted by Gasteiger charge is -2.12. The summed E-state index contributed by atoms with van der Waals surface area (Å²) in [6.07, 6.45) is 1.54. The third kappa shape index (κ3) is 4.41. The Morgan fingerprint density at radius 1 is 1.24 bits per heavy atom. The van der Waals surface area contributed by atoms with Crippen LogP contribution < -0.4 is 10.9 Å². The Kier molecular flexibility index (Phi) is 5.77. The SMILES string of the molecule is O=C(CSc1nc2ccsc2c(=O)n1Cc1ccccc1F)NCc1ccco1. The molecule has 0 aliphatic rings. The molecule has 3 heterocycles. The predicted octanol–water partition coefficient (Wildman–Crippen LogP) is 3.65. The van der Waals surface area contributed by atoms with E-state index in [1.807, 2.05) is 0 Å². The number of benzene rings is 1. The van der Waals surface area contributed by atoms with Gasteiger partial charge in [0.15, 0.2) is 5.16 Å². The van der Waals surface area contributed by atoms with E-state index in [2.05, 4.69) is 10.3 Å². The Balaban J connectivity index is 1.56. The number of hydrogen-bond donors (Lipinski definition) is 1. The van der Waals surface area contributed by atoms with Gasteiger partial charge in [-0.05, 0) is 29.6 Å². The van der Waals surface area contributed by atoms with Crippen LogP contribution in [0.25, 0.3) is 10.2 Å². The van der Waals surface area contributed by atoms with Crippen molar-refractivity contribution in [3.8, 4) is 0 Å². The van der Waals surface area contributed by atoms with Gasteiger partial charge in [-0.3, -0.25) is 14.2 Å². The van der Waals surface area contributed by atoms with Gasteiger partial charge >= 0.3 is 0 Å². The Morgan fingerprint density at radius 3 is 2.90 bits per heavy atom. The summed E-state index contributed by atoms with van der Waals surface area (Å²) in [5, 5.41) is 4.91. The zero-order valence-corrected chi connectivity index (χ0v) is 16.8. The Morgan fingerprint density at radius 2 is 2.10 bits per heavy atom. The molecule has 6 nitrogen and oxygen atoms in total. The van der Waals surface area contributed by atoms with Crippen LogP contribution in [0.2, 0.25) is 0 Å². The van der Waals surface area contributed by atoms with Crippen molar-refractivity contribution in [1.82, 2.24) is 14.9 Å². The quantitative estimate of drug-likeness (QED) is 0.358. The summed E-state index contributed by atoms with van der Waals surface area (Å²) < 4.78 is 21.2. The average molecular weight is 429 g/mol. The molecule has 1 amide bonds. The van der Waals surface area contributed by atoms with E-state index in [9.17, 15) is 14.0 Å². The summed E-state index contributed by atoms with van der Waals surface area (Å²) in [6.45, 7) is 0.327. The summed E-state index contributed by atoms with van der Waals surface area (Å²) in [6, 6.07) is 11.6. The lowest BCUT2D eigenvalue weighted by molar-refractivity contribution is -0.118. The molecule has 0 bridgehead atoms. The van der Waals surface area contributed by atoms with E-state index >= 15 is 0 Å². The van der Waals surface area contributed by atoms with Gasteiger partial charge in [-0.15, -0.1) is 11.3 Å². The van der Waals surface area contributed by atoms with Crippen LogP contribution in [0.5, 0.6) is 0 Å². The van der Waals surface area contributed by atoms with Gasteiger partial charge in [0.1, 0.15) is 16.3 Å². The van der Waals surface area contributed by atoms with E-state index in [4.69, 9.17) is 4.42 Å². The van der Waals surface area contributed by atoms with Gasteiger partial charge in [-0.1, -0.05) is 30.0 Å². The number of amides is 1. The average Bonchev–Trinajstić information content (AvgIpc) is 3.40. The number of furan rings is 1. The lowest BCUT2D eigenvalue weighted by Crippen LogP contribution is -2.26. The molecule has 0 saturated heterocycles. The fraction of sp³-hybridized carbons (Fsp3) is 0.150. The number of carbonyl (C=O) groups excluding carboxylic acids is 1. The van der Waals surface area contributed by atoms with Gasteiger partial charge in [0.05, 0.1) is 30.6 Å². The highest BCUT2D eigenvalue weighted by molar-refractivity contribution is 7.99. The Bertz CT molecular complexity index is 1200. The summed E-state index contributed by atoms with van der Waals surface area (Å²) >= 11 is 2.44. The van der Waals surface area contributed by atoms with Gasteiger partial charge in [-0.2, -0.15) is 0 Å². The van der Waals surface area contributed by atoms with Crippen LogP contribution >= 0.6 is 23.1 Å². The van der Waals surface area contributed by atoms with Gasteiger partial charge in [0.2, 0.25) is 5.91 Å². The van der Waals surface area contributed by atoms with Crippen LogP contribution in [0.4, 0.5) is 4.39 Å². The van der Waals surface area contributed by atoms with E-state index in [1.54, 1.807) is 41.8 Å². The van der Waals surface area contributed by atoms with E-state index in [0.717, 1.165) is 11.8 Å². The van der Waals surface area contributed by atoms with Crippen molar-refractivity contribution in [3.63, 3.8) is 0 Å². The van der Waals surface area contributed by atoms with Crippen LogP contribution in [0.15, 0.2) is 68.5 Å². The third-order valence-electron chi connectivity index (χ3n) is 4.19. The summed E-state index contributed by atoms with van der Waals surface area (Å²) in [5.41, 5.74) is 0.714. The predicted molar refractivity (Wildman–Crippen MR) is 111 cm³/mol. The molecule has 4 rings (SSSR count). The van der Waals surface area contributed by atoms with Gasteiger partial charge < -0.3 is 9.73 Å². The second kappa shape index (κ2) is 8.62. The fourth-order valence-corrected chi connectivity index (χ4v) is 4.36. The maximum Gasteiger partial charge on any atom is 0.272 e. The topological polar surface area (TPSA) is 77.1 Å². The number of nitrogens with zero attached hydrogens (tertiary/aromatic N) is 2. The van der Waals surface area contributed by atoms with Crippen LogP contribution in [-0.4, -0.2) is 21.2 Å². The van der Waals surface area contributed by atoms with Crippen molar-refractivity contribution >= 4 is 39.2 Å². The summed E-state index contributed by atoms with van der Waals surface area (Å²) in [7, 11) is 0. The lowest BCUT2D eigenvalue weighted by atomic mass is 10.2. The number of nitrogens with one attached hydrogen (secondary N) is 1. The molecule has 3 aromatic heterocycles. The molecule has 0 fully saturated rings. The molecule has 0 aliphatic carbocycles. The second-order valence-electron chi connectivity index (χ2n) is 6.16. The molecular formula is C20H16FN3O3S2. The summed E-state index contributed by atoms with van der Waals surface area (Å²) in [5.74, 6) is 0.110. The summed E-state index contributed by atoms with van der Waals surface area (Å²) in [4.78, 5) is 29.6. The van der Waals surface area contributed by atoms with Crippen LogP contribution in [0.3, 0.4) is 0 Å². The van der Waals surface area contributed by atoms with Gasteiger partial charge in [-0.25, -0.2) is 9.37 Å². The van der Waals surface area contributed by atoms with Crippen LogP contribution in [0.1, 0.15) is 11.3 Å². The van der Waals surface area contributed by atoms with Crippen molar-refractivity contribution < 1.29 is 13.6 Å². The van der Waals surface area contributed by atoms with E-state index in [1.165, 1.54) is 28.2 Å². The van der Waals surface area contributed by atoms with E-state index in [-0.39, 0.29) is 30.3 Å². The monoisotopic (exact) mass is 429 g/mol. The zero-order valence-electron chi connectivity index (χ0n) is 15.1. The normalized spacial score (nSPS) is 11.1. The standard InChI is InChI=1S/C20H16FN3O3S2/c21-15-6-2-1-4-13(15)11-24-19(26)18-16(7-9-28-18)23-20(24)29-12-17(25)22-10-14-5-3-8-27-14/h1-9H,10-12H2,(H,22,25). The highest BCUT2D eigenvalue weighted by Gasteiger charge is 2.16. The first-order valence-electron chi connectivity index (χ1n) is 8.75. The van der Waals surface area contributed by atoms with Crippen molar-refractivity contribution in [2.45, 2.75) is 18.2 Å². The molecular weight excluding hydrogens is 413 g/mol. The number of fused-ring (bicyclic) bond motifs is 1. The molecule has 0 unspecified atom stereocenters. The molecule has 4 aromatic rings. The van der Waals surface area contributed by atoms with E-state index < -0.39 is 5.82 Å². The second-order valence-corrected chi connectivity index (χ2v) is 8.02. The number of aromatic nitrogens is 2. The Labute approximate surface area is 173 Å². The minimum atomic E-state index is -0.391. The molecule has 0 aliphatic heterocycles. The molecule has 29 heavy (non-hydrogen) atoms. The highest BCUT2D eigenvalue weighted by Crippen LogP contribution is 2.22. The van der Waals surface area contributed by atoms with Crippen molar-refractivity contribution in [2.75, 3.05) is 5.75 Å². The highest BCUT2D eigenvalue weighted by atomic mass is 32.2. The number of thiophene rings is 1. The van der Waals surface area contributed by atoms with Gasteiger partial charge in [0, 0.05) is 5.56 Å². The van der Waals surface area contributed by atoms with Crippen molar-refractivity contribution in [1.29, 1.82) is 0 Å². The molecule has 1 aromatic carbocycles. The number of hydrogen-bond acceptors (Lipinski definition) is 6. The third-order valence-corrected chi connectivity index (χ3v) is 6.06. The molecule has 148 valence electrons. The first-order chi connectivity index (χ1) is 14.1. The first kappa shape index (κ1) is 19.4. The maximum absolute atomic E-state index is 14.1. The van der Waals surface area contributed by atoms with Crippen LogP contribution in [-0.2, 0) is 17.9 Å². The zero-order chi connectivity index (χ0) is 20.2. The largest absolute Gasteiger partial charge is 0.467 e. The van der Waals surface area contributed by atoms with Gasteiger partial charge in [0.25, 0.3) is 5.56 Å². The van der Waals surface area contributed by atoms with Crippen LogP contribution in [0, 0.1) is 5.82 Å². The number of halogens is 1. The molecule has 9 heteroatoms. The Hall–Kier alpha value is -2.91. The van der Waals surface area contributed by atoms with E-state index in [0.29, 0.717) is 26.7 Å². The maximum atomic E-state index is 14.1. The molecule has 0 radical (unpaired) electrons. The molecule has 0 saturated carbocycles. The molecule has 1 N–H and O–H groups in total. The fourth-order valence-electron chi connectivity index (χ4n) is 2.75. The smallest absolute Gasteiger partial charge is 0.272 e. The minimum Gasteiger partial charge on any atom is -0.467 e. The van der Waals surface area contributed by atoms with Crippen molar-refractivity contribution in [3.05, 3.63) is 81.6 Å². The molecule has 0 atom stereocenters. The number of carbonyl (C=O) groups is 1.